The second kappa shape index (κ2) is 3.52. The first kappa shape index (κ1) is 9.21. The molecule has 16 heavy (non-hydrogen) atoms. The smallest absolute Gasteiger partial charge is 0.126 e. The molecule has 0 amide bonds. The first-order valence-corrected chi connectivity index (χ1v) is 5.28. The number of aliphatic imine (C=N–C) groups is 1. The third-order valence-corrected chi connectivity index (χ3v) is 2.93. The Morgan fingerprint density at radius 2 is 2.12 bits per heavy atom. The van der Waals surface area contributed by atoms with Crippen molar-refractivity contribution in [3.8, 4) is 0 Å². The largest absolute Gasteiger partial charge is 0.472 e. The molecule has 0 aliphatic carbocycles. The Morgan fingerprint density at radius 1 is 1.25 bits per heavy atom. The molecule has 0 spiro atoms. The lowest BCUT2D eigenvalue weighted by atomic mass is 9.94. The van der Waals surface area contributed by atoms with Crippen LogP contribution in [0.25, 0.3) is 0 Å². The standard InChI is InChI=1S/C13H12N2O/c14-13-11-4-2-1-3-9(11)7-12(15-13)10-5-6-16-8-10/h1-6,8,12H,7H2,(H2,14,15). The van der Waals surface area contributed by atoms with Gasteiger partial charge in [0, 0.05) is 11.1 Å². The molecule has 1 aromatic carbocycles. The van der Waals surface area contributed by atoms with Gasteiger partial charge >= 0.3 is 0 Å². The van der Waals surface area contributed by atoms with Crippen LogP contribution in [0.1, 0.15) is 22.7 Å². The predicted molar refractivity (Wildman–Crippen MR) is 62.3 cm³/mol. The quantitative estimate of drug-likeness (QED) is 0.788. The van der Waals surface area contributed by atoms with Crippen molar-refractivity contribution in [3.63, 3.8) is 0 Å². The Morgan fingerprint density at radius 3 is 2.94 bits per heavy atom. The Labute approximate surface area is 93.6 Å². The van der Waals surface area contributed by atoms with Gasteiger partial charge in [0.05, 0.1) is 18.6 Å². The maximum absolute atomic E-state index is 5.96. The molecule has 1 aromatic heterocycles. The van der Waals surface area contributed by atoms with Crippen molar-refractivity contribution in [2.45, 2.75) is 12.5 Å². The summed E-state index contributed by atoms with van der Waals surface area (Å²) in [6.07, 6.45) is 4.29. The van der Waals surface area contributed by atoms with Crippen LogP contribution in [0.4, 0.5) is 0 Å². The third kappa shape index (κ3) is 1.41. The van der Waals surface area contributed by atoms with E-state index in [9.17, 15) is 0 Å². The van der Waals surface area contributed by atoms with Crippen LogP contribution in [0.5, 0.6) is 0 Å². The lowest BCUT2D eigenvalue weighted by Crippen LogP contribution is -2.22. The Hall–Kier alpha value is -2.03. The molecule has 1 unspecified atom stereocenters. The molecule has 2 aromatic rings. The van der Waals surface area contributed by atoms with Crippen LogP contribution in [-0.4, -0.2) is 5.84 Å². The first-order valence-electron chi connectivity index (χ1n) is 5.28. The summed E-state index contributed by atoms with van der Waals surface area (Å²) in [5, 5.41) is 0. The molecular formula is C13H12N2O. The summed E-state index contributed by atoms with van der Waals surface area (Å²) in [7, 11) is 0. The molecule has 0 radical (unpaired) electrons. The van der Waals surface area contributed by atoms with Gasteiger partial charge in [0.2, 0.25) is 0 Å². The van der Waals surface area contributed by atoms with E-state index in [1.165, 1.54) is 5.56 Å². The fourth-order valence-corrected chi connectivity index (χ4v) is 2.10. The minimum atomic E-state index is 0.0913. The Kier molecular flexibility index (Phi) is 2.03. The van der Waals surface area contributed by atoms with E-state index < -0.39 is 0 Å². The maximum atomic E-state index is 5.96. The molecule has 1 atom stereocenters. The molecule has 0 saturated heterocycles. The van der Waals surface area contributed by atoms with E-state index in [1.54, 1.807) is 12.5 Å². The minimum Gasteiger partial charge on any atom is -0.472 e. The minimum absolute atomic E-state index is 0.0913. The van der Waals surface area contributed by atoms with Gasteiger partial charge in [-0.05, 0) is 18.1 Å². The molecule has 3 rings (SSSR count). The highest BCUT2D eigenvalue weighted by atomic mass is 16.3. The number of nitrogens with zero attached hydrogens (tertiary/aromatic N) is 1. The molecule has 0 bridgehead atoms. The molecule has 80 valence electrons. The highest BCUT2D eigenvalue weighted by Crippen LogP contribution is 2.28. The van der Waals surface area contributed by atoms with Gasteiger partial charge < -0.3 is 10.2 Å². The Bertz CT molecular complexity index is 529. The van der Waals surface area contributed by atoms with Gasteiger partial charge in [0.25, 0.3) is 0 Å². The average Bonchev–Trinajstić information content (AvgIpc) is 2.82. The third-order valence-electron chi connectivity index (χ3n) is 2.93. The summed E-state index contributed by atoms with van der Waals surface area (Å²) >= 11 is 0. The molecule has 0 saturated carbocycles. The van der Waals surface area contributed by atoms with E-state index in [0.717, 1.165) is 17.5 Å². The fraction of sp³-hybridized carbons (Fsp3) is 0.154. The lowest BCUT2D eigenvalue weighted by Gasteiger charge is -2.20. The average molecular weight is 212 g/mol. The van der Waals surface area contributed by atoms with Crippen LogP contribution in [0.3, 0.4) is 0 Å². The van der Waals surface area contributed by atoms with Crippen molar-refractivity contribution in [2.75, 3.05) is 0 Å². The summed E-state index contributed by atoms with van der Waals surface area (Å²) in [6.45, 7) is 0. The second-order valence-electron chi connectivity index (χ2n) is 3.95. The number of benzene rings is 1. The lowest BCUT2D eigenvalue weighted by molar-refractivity contribution is 0.558. The number of amidine groups is 1. The summed E-state index contributed by atoms with van der Waals surface area (Å²) < 4.78 is 5.08. The molecule has 0 fully saturated rings. The number of rotatable bonds is 1. The predicted octanol–water partition coefficient (Wildman–Crippen LogP) is 2.28. The van der Waals surface area contributed by atoms with Gasteiger partial charge in [0.15, 0.2) is 0 Å². The second-order valence-corrected chi connectivity index (χ2v) is 3.95. The van der Waals surface area contributed by atoms with Crippen molar-refractivity contribution in [3.05, 3.63) is 59.5 Å². The van der Waals surface area contributed by atoms with Gasteiger partial charge in [-0.15, -0.1) is 0 Å². The number of hydrogen-bond acceptors (Lipinski definition) is 3. The van der Waals surface area contributed by atoms with E-state index >= 15 is 0 Å². The maximum Gasteiger partial charge on any atom is 0.126 e. The SMILES string of the molecule is NC1=NC(c2ccoc2)Cc2ccccc21. The number of nitrogens with two attached hydrogens (primary N) is 1. The van der Waals surface area contributed by atoms with E-state index in [-0.39, 0.29) is 6.04 Å². The van der Waals surface area contributed by atoms with Gasteiger partial charge in [-0.25, -0.2) is 0 Å². The van der Waals surface area contributed by atoms with Crippen molar-refractivity contribution in [1.29, 1.82) is 0 Å². The van der Waals surface area contributed by atoms with Crippen LogP contribution in [0, 0.1) is 0 Å². The van der Waals surface area contributed by atoms with Gasteiger partial charge in [-0.3, -0.25) is 4.99 Å². The van der Waals surface area contributed by atoms with Crippen LogP contribution >= 0.6 is 0 Å². The summed E-state index contributed by atoms with van der Waals surface area (Å²) in [5.41, 5.74) is 9.35. The molecular weight excluding hydrogens is 200 g/mol. The molecule has 1 aliphatic rings. The number of hydrogen-bond donors (Lipinski definition) is 1. The zero-order valence-electron chi connectivity index (χ0n) is 8.76. The van der Waals surface area contributed by atoms with Crippen LogP contribution < -0.4 is 5.73 Å². The summed E-state index contributed by atoms with van der Waals surface area (Å²) in [5.74, 6) is 0.619. The van der Waals surface area contributed by atoms with Crippen molar-refractivity contribution in [1.82, 2.24) is 0 Å². The van der Waals surface area contributed by atoms with Crippen LogP contribution in [0.15, 0.2) is 52.3 Å². The van der Waals surface area contributed by atoms with Gasteiger partial charge in [0.1, 0.15) is 5.84 Å². The zero-order valence-corrected chi connectivity index (χ0v) is 8.76. The van der Waals surface area contributed by atoms with Gasteiger partial charge in [-0.2, -0.15) is 0 Å². The summed E-state index contributed by atoms with van der Waals surface area (Å²) in [6, 6.07) is 10.2. The highest BCUT2D eigenvalue weighted by molar-refractivity contribution is 5.99. The number of furan rings is 1. The highest BCUT2D eigenvalue weighted by Gasteiger charge is 2.20. The van der Waals surface area contributed by atoms with Crippen molar-refractivity contribution in [2.24, 2.45) is 10.7 Å². The van der Waals surface area contributed by atoms with E-state index in [1.807, 2.05) is 24.3 Å². The molecule has 1 aliphatic heterocycles. The zero-order chi connectivity index (χ0) is 11.0. The van der Waals surface area contributed by atoms with Crippen LogP contribution in [-0.2, 0) is 6.42 Å². The topological polar surface area (TPSA) is 51.5 Å². The van der Waals surface area contributed by atoms with Crippen molar-refractivity contribution < 1.29 is 4.42 Å². The molecule has 2 heterocycles. The molecule has 2 N–H and O–H groups in total. The van der Waals surface area contributed by atoms with E-state index in [0.29, 0.717) is 5.84 Å². The summed E-state index contributed by atoms with van der Waals surface area (Å²) in [4.78, 5) is 4.50. The monoisotopic (exact) mass is 212 g/mol. The normalized spacial score (nSPS) is 19.0. The van der Waals surface area contributed by atoms with Crippen molar-refractivity contribution >= 4 is 5.84 Å². The van der Waals surface area contributed by atoms with E-state index in [2.05, 4.69) is 11.1 Å². The first-order chi connectivity index (χ1) is 7.84. The van der Waals surface area contributed by atoms with Crippen LogP contribution in [0.2, 0.25) is 0 Å². The molecule has 3 nitrogen and oxygen atoms in total. The number of fused-ring (bicyclic) bond motifs is 1. The van der Waals surface area contributed by atoms with Gasteiger partial charge in [-0.1, -0.05) is 24.3 Å². The molecule has 3 heteroatoms. The fourth-order valence-electron chi connectivity index (χ4n) is 2.10. The Balaban J connectivity index is 2.03. The van der Waals surface area contributed by atoms with E-state index in [4.69, 9.17) is 10.2 Å².